The van der Waals surface area contributed by atoms with Gasteiger partial charge in [0.15, 0.2) is 0 Å². The molecule has 0 saturated heterocycles. The minimum Gasteiger partial charge on any atom is -0.468 e. The quantitative estimate of drug-likeness (QED) is 0.731. The van der Waals surface area contributed by atoms with Gasteiger partial charge in [0, 0.05) is 0 Å². The SMILES string of the molecule is COC(=O)C(N)C(C)OC(C)(C)C.Cl. The van der Waals surface area contributed by atoms with Crippen molar-refractivity contribution in [2.75, 3.05) is 7.11 Å². The van der Waals surface area contributed by atoms with Crippen LogP contribution in [-0.4, -0.2) is 30.8 Å². The minimum absolute atomic E-state index is 0. The van der Waals surface area contributed by atoms with Crippen LogP contribution in [0.25, 0.3) is 0 Å². The number of nitrogens with two attached hydrogens (primary N) is 1. The Morgan fingerprint density at radius 2 is 1.79 bits per heavy atom. The Bertz CT molecular complexity index is 179. The number of rotatable bonds is 3. The molecule has 86 valence electrons. The third-order valence-electron chi connectivity index (χ3n) is 1.52. The summed E-state index contributed by atoms with van der Waals surface area (Å²) >= 11 is 0. The lowest BCUT2D eigenvalue weighted by atomic mass is 10.1. The minimum atomic E-state index is -0.718. The van der Waals surface area contributed by atoms with Crippen molar-refractivity contribution in [3.05, 3.63) is 0 Å². The molecule has 0 saturated carbocycles. The summed E-state index contributed by atoms with van der Waals surface area (Å²) in [7, 11) is 1.31. The van der Waals surface area contributed by atoms with E-state index in [1.807, 2.05) is 20.8 Å². The van der Waals surface area contributed by atoms with Gasteiger partial charge in [0.25, 0.3) is 0 Å². The first-order valence-corrected chi connectivity index (χ1v) is 4.29. The first-order chi connectivity index (χ1) is 5.78. The average molecular weight is 226 g/mol. The van der Waals surface area contributed by atoms with Crippen LogP contribution in [-0.2, 0) is 14.3 Å². The Hall–Kier alpha value is -0.320. The van der Waals surface area contributed by atoms with Gasteiger partial charge in [0.1, 0.15) is 6.04 Å². The maximum atomic E-state index is 11.0. The highest BCUT2D eigenvalue weighted by Gasteiger charge is 2.26. The zero-order valence-electron chi connectivity index (χ0n) is 9.37. The molecule has 0 radical (unpaired) electrons. The zero-order chi connectivity index (χ0) is 10.6. The Morgan fingerprint density at radius 3 is 2.07 bits per heavy atom. The summed E-state index contributed by atoms with van der Waals surface area (Å²) < 4.78 is 10.0. The van der Waals surface area contributed by atoms with E-state index in [2.05, 4.69) is 4.74 Å². The molecule has 0 aliphatic heterocycles. The third kappa shape index (κ3) is 6.18. The second-order valence-electron chi connectivity index (χ2n) is 3.98. The average Bonchev–Trinajstić information content (AvgIpc) is 1.98. The summed E-state index contributed by atoms with van der Waals surface area (Å²) in [6.45, 7) is 7.49. The third-order valence-corrected chi connectivity index (χ3v) is 1.52. The number of halogens is 1. The predicted octanol–water partition coefficient (Wildman–Crippen LogP) is 1.11. The molecule has 0 amide bonds. The van der Waals surface area contributed by atoms with Crippen LogP contribution in [0.2, 0.25) is 0 Å². The molecule has 0 aliphatic carbocycles. The molecule has 0 heterocycles. The fourth-order valence-corrected chi connectivity index (χ4v) is 0.959. The largest absolute Gasteiger partial charge is 0.468 e. The number of methoxy groups -OCH3 is 1. The molecule has 2 atom stereocenters. The maximum absolute atomic E-state index is 11.0. The van der Waals surface area contributed by atoms with Crippen molar-refractivity contribution in [2.45, 2.75) is 45.4 Å². The fourth-order valence-electron chi connectivity index (χ4n) is 0.959. The van der Waals surface area contributed by atoms with E-state index in [1.54, 1.807) is 6.92 Å². The van der Waals surface area contributed by atoms with E-state index >= 15 is 0 Å². The second kappa shape index (κ2) is 6.22. The molecule has 14 heavy (non-hydrogen) atoms. The van der Waals surface area contributed by atoms with Crippen molar-refractivity contribution in [2.24, 2.45) is 5.73 Å². The van der Waals surface area contributed by atoms with Crippen molar-refractivity contribution < 1.29 is 14.3 Å². The Morgan fingerprint density at radius 1 is 1.36 bits per heavy atom. The number of carbonyl (C=O) groups excluding carboxylic acids is 1. The lowest BCUT2D eigenvalue weighted by molar-refractivity contribution is -0.149. The number of hydrogen-bond donors (Lipinski definition) is 1. The molecule has 0 spiro atoms. The summed E-state index contributed by atoms with van der Waals surface area (Å²) in [5.74, 6) is -0.447. The first-order valence-electron chi connectivity index (χ1n) is 4.29. The molecular weight excluding hydrogens is 206 g/mol. The molecular formula is C9H20ClNO3. The van der Waals surface area contributed by atoms with Gasteiger partial charge < -0.3 is 15.2 Å². The Balaban J connectivity index is 0. The number of esters is 1. The molecule has 0 rings (SSSR count). The van der Waals surface area contributed by atoms with Crippen molar-refractivity contribution in [1.82, 2.24) is 0 Å². The van der Waals surface area contributed by atoms with Crippen LogP contribution < -0.4 is 5.73 Å². The predicted molar refractivity (Wildman–Crippen MR) is 57.5 cm³/mol. The van der Waals surface area contributed by atoms with E-state index < -0.39 is 12.0 Å². The van der Waals surface area contributed by atoms with E-state index in [-0.39, 0.29) is 24.1 Å². The standard InChI is InChI=1S/C9H19NO3.ClH/c1-6(13-9(2,3)4)7(10)8(11)12-5;/h6-7H,10H2,1-5H3;1H. The molecule has 0 aliphatic rings. The van der Waals surface area contributed by atoms with Crippen molar-refractivity contribution in [3.8, 4) is 0 Å². The van der Waals surface area contributed by atoms with E-state index in [0.29, 0.717) is 0 Å². The van der Waals surface area contributed by atoms with Crippen LogP contribution in [0.15, 0.2) is 0 Å². The fraction of sp³-hybridized carbons (Fsp3) is 0.889. The molecule has 0 aromatic rings. The molecule has 4 nitrogen and oxygen atoms in total. The van der Waals surface area contributed by atoms with Crippen LogP contribution in [0.1, 0.15) is 27.7 Å². The summed E-state index contributed by atoms with van der Waals surface area (Å²) in [6.07, 6.45) is -0.340. The smallest absolute Gasteiger partial charge is 0.325 e. The van der Waals surface area contributed by atoms with Crippen LogP contribution in [0, 0.1) is 0 Å². The van der Waals surface area contributed by atoms with E-state index in [9.17, 15) is 4.79 Å². The Labute approximate surface area is 91.5 Å². The molecule has 2 N–H and O–H groups in total. The lowest BCUT2D eigenvalue weighted by Gasteiger charge is -2.27. The summed E-state index contributed by atoms with van der Waals surface area (Å²) in [5, 5.41) is 0. The van der Waals surface area contributed by atoms with Crippen molar-refractivity contribution >= 4 is 18.4 Å². The van der Waals surface area contributed by atoms with Crippen LogP contribution >= 0.6 is 12.4 Å². The highest BCUT2D eigenvalue weighted by molar-refractivity contribution is 5.85. The summed E-state index contributed by atoms with van der Waals surface area (Å²) in [6, 6.07) is -0.718. The van der Waals surface area contributed by atoms with E-state index in [4.69, 9.17) is 10.5 Å². The molecule has 0 aromatic heterocycles. The van der Waals surface area contributed by atoms with Crippen molar-refractivity contribution in [1.29, 1.82) is 0 Å². The van der Waals surface area contributed by atoms with Gasteiger partial charge in [-0.15, -0.1) is 12.4 Å². The van der Waals surface area contributed by atoms with Gasteiger partial charge in [0.05, 0.1) is 18.8 Å². The number of ether oxygens (including phenoxy) is 2. The van der Waals surface area contributed by atoms with E-state index in [1.165, 1.54) is 7.11 Å². The van der Waals surface area contributed by atoms with Gasteiger partial charge in [0.2, 0.25) is 0 Å². The van der Waals surface area contributed by atoms with Gasteiger partial charge in [-0.3, -0.25) is 4.79 Å². The lowest BCUT2D eigenvalue weighted by Crippen LogP contribution is -2.45. The van der Waals surface area contributed by atoms with Gasteiger partial charge in [-0.05, 0) is 27.7 Å². The van der Waals surface area contributed by atoms with Crippen molar-refractivity contribution in [3.63, 3.8) is 0 Å². The van der Waals surface area contributed by atoms with Crippen LogP contribution in [0.5, 0.6) is 0 Å². The number of hydrogen-bond acceptors (Lipinski definition) is 4. The normalized spacial score (nSPS) is 15.3. The molecule has 2 unspecified atom stereocenters. The Kier molecular flexibility index (Phi) is 7.16. The number of carbonyl (C=O) groups is 1. The summed E-state index contributed by atoms with van der Waals surface area (Å²) in [4.78, 5) is 11.0. The maximum Gasteiger partial charge on any atom is 0.325 e. The van der Waals surface area contributed by atoms with E-state index in [0.717, 1.165) is 0 Å². The highest BCUT2D eigenvalue weighted by atomic mass is 35.5. The first kappa shape index (κ1) is 16.1. The molecule has 0 bridgehead atoms. The molecule has 0 aromatic carbocycles. The highest BCUT2D eigenvalue weighted by Crippen LogP contribution is 2.12. The van der Waals surface area contributed by atoms with Gasteiger partial charge in [-0.1, -0.05) is 0 Å². The monoisotopic (exact) mass is 225 g/mol. The zero-order valence-corrected chi connectivity index (χ0v) is 10.2. The van der Waals surface area contributed by atoms with Gasteiger partial charge in [-0.2, -0.15) is 0 Å². The van der Waals surface area contributed by atoms with Gasteiger partial charge in [-0.25, -0.2) is 0 Å². The molecule has 5 heteroatoms. The molecule has 0 fully saturated rings. The van der Waals surface area contributed by atoms with Crippen LogP contribution in [0.3, 0.4) is 0 Å². The second-order valence-corrected chi connectivity index (χ2v) is 3.98. The topological polar surface area (TPSA) is 61.5 Å². The van der Waals surface area contributed by atoms with Gasteiger partial charge >= 0.3 is 5.97 Å². The van der Waals surface area contributed by atoms with Crippen LogP contribution in [0.4, 0.5) is 0 Å². The summed E-state index contributed by atoms with van der Waals surface area (Å²) in [5.41, 5.74) is 5.28.